The minimum absolute atomic E-state index is 0.560. The van der Waals surface area contributed by atoms with Crippen LogP contribution in [0, 0.1) is 0 Å². The Balaban J connectivity index is 3.14. The van der Waals surface area contributed by atoms with Gasteiger partial charge in [0.05, 0.1) is 0 Å². The van der Waals surface area contributed by atoms with Gasteiger partial charge in [-0.15, -0.1) is 0 Å². The molecule has 0 aliphatic carbocycles. The van der Waals surface area contributed by atoms with Crippen LogP contribution in [0.3, 0.4) is 0 Å². The van der Waals surface area contributed by atoms with E-state index in [0.717, 1.165) is 5.82 Å². The molecule has 0 fully saturated rings. The van der Waals surface area contributed by atoms with Crippen molar-refractivity contribution in [3.8, 4) is 0 Å². The lowest BCUT2D eigenvalue weighted by Crippen LogP contribution is -2.01. The lowest BCUT2D eigenvalue weighted by Gasteiger charge is -2.09. The fraction of sp³-hybridized carbons (Fsp3) is 1.00. The average molecular weight is 116 g/mol. The quantitative estimate of drug-likeness (QED) is 0.406. The van der Waals surface area contributed by atoms with Crippen LogP contribution in [-0.2, 0) is 0 Å². The Morgan fingerprint density at radius 2 is 2.14 bits per heavy atom. The van der Waals surface area contributed by atoms with Crippen molar-refractivity contribution < 1.29 is 0 Å². The lowest BCUT2D eigenvalue weighted by atomic mass is 9.83. The Hall–Kier alpha value is 0.415. The molecule has 2 atom stereocenters. The average Bonchev–Trinajstić information content (AvgIpc) is 1.65. The van der Waals surface area contributed by atoms with Gasteiger partial charge in [-0.25, -0.2) is 0 Å². The summed E-state index contributed by atoms with van der Waals surface area (Å²) in [6.45, 7) is 4.33. The van der Waals surface area contributed by atoms with Crippen LogP contribution >= 0.6 is 12.6 Å². The second-order valence-corrected chi connectivity index (χ2v) is 2.94. The van der Waals surface area contributed by atoms with E-state index < -0.39 is 0 Å². The highest BCUT2D eigenvalue weighted by Gasteiger charge is 2.02. The Labute approximate surface area is 52.5 Å². The normalized spacial score (nSPS) is 18.7. The molecule has 0 heterocycles. The molecular formula is C5H13BS. The van der Waals surface area contributed by atoms with Gasteiger partial charge in [-0.2, -0.15) is 12.6 Å². The van der Waals surface area contributed by atoms with Crippen LogP contribution in [0.1, 0.15) is 20.3 Å². The van der Waals surface area contributed by atoms with Gasteiger partial charge in [0.25, 0.3) is 0 Å². The smallest absolute Gasteiger partial charge is 0.106 e. The minimum Gasteiger partial charge on any atom is -0.177 e. The van der Waals surface area contributed by atoms with E-state index in [1.165, 1.54) is 6.42 Å². The predicted molar refractivity (Wildman–Crippen MR) is 41.0 cm³/mol. The van der Waals surface area contributed by atoms with Crippen molar-refractivity contribution in [1.29, 1.82) is 0 Å². The van der Waals surface area contributed by atoms with E-state index in [1.54, 1.807) is 0 Å². The molecule has 7 heavy (non-hydrogen) atoms. The van der Waals surface area contributed by atoms with E-state index in [4.69, 9.17) is 0 Å². The Bertz CT molecular complexity index is 45.3. The Morgan fingerprint density at radius 3 is 2.14 bits per heavy atom. The standard InChI is InChI=1S/C5H13BS/c1-3-5(6)4(2)7/h4-5,7H,3,6H2,1-2H3. The number of thiol groups is 1. The van der Waals surface area contributed by atoms with Crippen molar-refractivity contribution in [3.63, 3.8) is 0 Å². The maximum Gasteiger partial charge on any atom is 0.106 e. The van der Waals surface area contributed by atoms with Crippen LogP contribution in [0.25, 0.3) is 0 Å². The van der Waals surface area contributed by atoms with Gasteiger partial charge in [-0.3, -0.25) is 0 Å². The van der Waals surface area contributed by atoms with Crippen molar-refractivity contribution in [2.75, 3.05) is 0 Å². The lowest BCUT2D eigenvalue weighted by molar-refractivity contribution is 0.787. The second kappa shape index (κ2) is 3.42. The maximum absolute atomic E-state index is 4.27. The minimum atomic E-state index is 0.560. The molecule has 0 aliphatic rings. The van der Waals surface area contributed by atoms with Gasteiger partial charge >= 0.3 is 0 Å². The molecule has 0 amide bonds. The van der Waals surface area contributed by atoms with Crippen LogP contribution in [0.15, 0.2) is 0 Å². The molecular weight excluding hydrogens is 103 g/mol. The van der Waals surface area contributed by atoms with Crippen LogP contribution in [0.2, 0.25) is 5.82 Å². The number of hydrogen-bond donors (Lipinski definition) is 1. The summed E-state index contributed by atoms with van der Waals surface area (Å²) in [5.74, 6) is 0.767. The van der Waals surface area contributed by atoms with Crippen LogP contribution < -0.4 is 0 Å². The van der Waals surface area contributed by atoms with Gasteiger partial charge in [0.15, 0.2) is 0 Å². The fourth-order valence-corrected chi connectivity index (χ4v) is 0.552. The zero-order valence-corrected chi connectivity index (χ0v) is 6.20. The Kier molecular flexibility index (Phi) is 3.62. The van der Waals surface area contributed by atoms with Gasteiger partial charge in [0.1, 0.15) is 7.85 Å². The van der Waals surface area contributed by atoms with Crippen LogP contribution in [0.4, 0.5) is 0 Å². The van der Waals surface area contributed by atoms with E-state index in [1.807, 2.05) is 0 Å². The SMILES string of the molecule is BC(CC)C(C)S. The molecule has 0 saturated carbocycles. The third-order valence-corrected chi connectivity index (χ3v) is 1.98. The third-order valence-electron chi connectivity index (χ3n) is 1.47. The first-order chi connectivity index (χ1) is 3.18. The topological polar surface area (TPSA) is 0 Å². The molecule has 0 spiro atoms. The summed E-state index contributed by atoms with van der Waals surface area (Å²) >= 11 is 4.27. The van der Waals surface area contributed by atoms with Crippen molar-refractivity contribution in [1.82, 2.24) is 0 Å². The van der Waals surface area contributed by atoms with Gasteiger partial charge in [0.2, 0.25) is 0 Å². The summed E-state index contributed by atoms with van der Waals surface area (Å²) in [5.41, 5.74) is 0. The first kappa shape index (κ1) is 7.41. The first-order valence-electron chi connectivity index (χ1n) is 2.86. The highest BCUT2D eigenvalue weighted by Crippen LogP contribution is 2.14. The summed E-state index contributed by atoms with van der Waals surface area (Å²) in [6, 6.07) is 0. The zero-order chi connectivity index (χ0) is 5.86. The van der Waals surface area contributed by atoms with Crippen molar-refractivity contribution in [3.05, 3.63) is 0 Å². The zero-order valence-electron chi connectivity index (χ0n) is 5.31. The molecule has 2 unspecified atom stereocenters. The van der Waals surface area contributed by atoms with Crippen molar-refractivity contribution >= 4 is 20.5 Å². The summed E-state index contributed by atoms with van der Waals surface area (Å²) in [5, 5.41) is 0.560. The fourth-order valence-electron chi connectivity index (χ4n) is 0.341. The summed E-state index contributed by atoms with van der Waals surface area (Å²) < 4.78 is 0. The van der Waals surface area contributed by atoms with Gasteiger partial charge < -0.3 is 0 Å². The highest BCUT2D eigenvalue weighted by atomic mass is 32.1. The van der Waals surface area contributed by atoms with E-state index in [0.29, 0.717) is 5.25 Å². The van der Waals surface area contributed by atoms with E-state index in [2.05, 4.69) is 34.3 Å². The van der Waals surface area contributed by atoms with Crippen molar-refractivity contribution in [2.24, 2.45) is 0 Å². The first-order valence-corrected chi connectivity index (χ1v) is 3.38. The third kappa shape index (κ3) is 3.04. The number of rotatable bonds is 2. The molecule has 2 heteroatoms. The summed E-state index contributed by atoms with van der Waals surface area (Å²) in [7, 11) is 2.22. The van der Waals surface area contributed by atoms with E-state index in [9.17, 15) is 0 Å². The summed E-state index contributed by atoms with van der Waals surface area (Å²) in [6.07, 6.45) is 1.24. The summed E-state index contributed by atoms with van der Waals surface area (Å²) in [4.78, 5) is 0. The number of hydrogen-bond acceptors (Lipinski definition) is 1. The van der Waals surface area contributed by atoms with Gasteiger partial charge in [-0.1, -0.05) is 26.1 Å². The highest BCUT2D eigenvalue weighted by molar-refractivity contribution is 7.81. The molecule has 0 radical (unpaired) electrons. The van der Waals surface area contributed by atoms with Crippen molar-refractivity contribution in [2.45, 2.75) is 31.3 Å². The second-order valence-electron chi connectivity index (χ2n) is 2.13. The van der Waals surface area contributed by atoms with E-state index in [-0.39, 0.29) is 0 Å². The molecule has 0 aliphatic heterocycles. The molecule has 0 aromatic rings. The maximum atomic E-state index is 4.27. The molecule has 0 N–H and O–H groups in total. The van der Waals surface area contributed by atoms with Gasteiger partial charge in [-0.05, 0) is 5.25 Å². The molecule has 0 rings (SSSR count). The molecule has 42 valence electrons. The van der Waals surface area contributed by atoms with Crippen LogP contribution in [0.5, 0.6) is 0 Å². The predicted octanol–water partition coefficient (Wildman–Crippen LogP) is 1.14. The van der Waals surface area contributed by atoms with Gasteiger partial charge in [0, 0.05) is 0 Å². The molecule has 0 saturated heterocycles. The largest absolute Gasteiger partial charge is 0.177 e. The van der Waals surface area contributed by atoms with E-state index >= 15 is 0 Å². The molecule has 0 nitrogen and oxygen atoms in total. The molecule has 0 aromatic heterocycles. The Morgan fingerprint density at radius 1 is 1.71 bits per heavy atom. The monoisotopic (exact) mass is 116 g/mol. The van der Waals surface area contributed by atoms with Crippen LogP contribution in [-0.4, -0.2) is 13.1 Å². The molecule has 0 bridgehead atoms. The molecule has 0 aromatic carbocycles.